The summed E-state index contributed by atoms with van der Waals surface area (Å²) in [6.07, 6.45) is 1.78. The molecule has 0 radical (unpaired) electrons. The molecule has 0 bridgehead atoms. The second-order valence-electron chi connectivity index (χ2n) is 3.83. The van der Waals surface area contributed by atoms with Gasteiger partial charge in [0.05, 0.1) is 19.0 Å². The van der Waals surface area contributed by atoms with Crippen LogP contribution >= 0.6 is 27.3 Å². The van der Waals surface area contributed by atoms with Crippen LogP contribution in [0.4, 0.5) is 0 Å². The van der Waals surface area contributed by atoms with E-state index in [0.29, 0.717) is 0 Å². The number of benzene rings is 1. The lowest BCUT2D eigenvalue weighted by molar-refractivity contribution is 0.414. The average Bonchev–Trinajstić information content (AvgIpc) is 2.77. The fourth-order valence-corrected chi connectivity index (χ4v) is 2.75. The van der Waals surface area contributed by atoms with Gasteiger partial charge in [0.1, 0.15) is 5.75 Å². The third kappa shape index (κ3) is 3.13. The number of hydrogen-bond donors (Lipinski definition) is 0. The Hall–Kier alpha value is -1.40. The van der Waals surface area contributed by atoms with E-state index in [4.69, 9.17) is 4.74 Å². The zero-order valence-electron chi connectivity index (χ0n) is 10.9. The molecule has 19 heavy (non-hydrogen) atoms. The van der Waals surface area contributed by atoms with Crippen molar-refractivity contribution in [2.75, 3.05) is 14.2 Å². The van der Waals surface area contributed by atoms with E-state index in [0.717, 1.165) is 26.3 Å². The number of aryl methyl sites for hydroxylation is 1. The number of methoxy groups -OCH3 is 1. The van der Waals surface area contributed by atoms with Gasteiger partial charge in [-0.15, -0.1) is 11.3 Å². The summed E-state index contributed by atoms with van der Waals surface area (Å²) < 4.78 is 8.11. The Morgan fingerprint density at radius 2 is 2.21 bits per heavy atom. The first-order chi connectivity index (χ1) is 9.15. The van der Waals surface area contributed by atoms with E-state index < -0.39 is 0 Å². The molecule has 1 heterocycles. The lowest BCUT2D eigenvalue weighted by atomic mass is 10.2. The minimum absolute atomic E-state index is 0.787. The Balaban J connectivity index is 2.43. The molecule has 0 aliphatic carbocycles. The molecule has 0 N–H and O–H groups in total. The van der Waals surface area contributed by atoms with Crippen LogP contribution in [0.1, 0.15) is 11.3 Å². The van der Waals surface area contributed by atoms with Crippen molar-refractivity contribution in [2.24, 2.45) is 10.1 Å². The van der Waals surface area contributed by atoms with Crippen LogP contribution in [-0.4, -0.2) is 25.0 Å². The molecule has 2 aromatic rings. The molecule has 0 amide bonds. The van der Waals surface area contributed by atoms with E-state index in [1.165, 1.54) is 0 Å². The minimum atomic E-state index is 0.787. The number of hydrogen-bond acceptors (Lipinski definition) is 4. The van der Waals surface area contributed by atoms with E-state index in [-0.39, 0.29) is 0 Å². The highest BCUT2D eigenvalue weighted by atomic mass is 79.9. The molecule has 0 saturated carbocycles. The van der Waals surface area contributed by atoms with Crippen LogP contribution in [0.2, 0.25) is 0 Å². The van der Waals surface area contributed by atoms with Gasteiger partial charge in [-0.05, 0) is 25.1 Å². The summed E-state index contributed by atoms with van der Waals surface area (Å²) in [7, 11) is 3.41. The maximum atomic E-state index is 5.31. The Bertz CT molecular complexity index is 673. The number of rotatable bonds is 3. The Kier molecular flexibility index (Phi) is 4.55. The molecule has 0 saturated heterocycles. The highest BCUT2D eigenvalue weighted by Gasteiger charge is 2.02. The third-order valence-corrected chi connectivity index (χ3v) is 4.06. The first-order valence-corrected chi connectivity index (χ1v) is 7.31. The number of halogens is 1. The second kappa shape index (κ2) is 6.16. The van der Waals surface area contributed by atoms with Crippen LogP contribution < -0.4 is 9.54 Å². The molecule has 1 aromatic carbocycles. The lowest BCUT2D eigenvalue weighted by Gasteiger charge is -2.04. The van der Waals surface area contributed by atoms with Crippen LogP contribution in [0.15, 0.2) is 38.1 Å². The van der Waals surface area contributed by atoms with Crippen molar-refractivity contribution < 1.29 is 4.74 Å². The average molecular weight is 340 g/mol. The highest BCUT2D eigenvalue weighted by molar-refractivity contribution is 9.10. The van der Waals surface area contributed by atoms with Crippen molar-refractivity contribution >= 4 is 33.5 Å². The molecule has 0 atom stereocenters. The van der Waals surface area contributed by atoms with Crippen LogP contribution in [0.25, 0.3) is 0 Å². The molecular weight excluding hydrogens is 326 g/mol. The van der Waals surface area contributed by atoms with Crippen molar-refractivity contribution in [1.82, 2.24) is 4.68 Å². The summed E-state index contributed by atoms with van der Waals surface area (Å²) in [5.74, 6) is 0.787. The van der Waals surface area contributed by atoms with Crippen LogP contribution in [0.5, 0.6) is 5.75 Å². The molecule has 100 valence electrons. The standard InChI is InChI=1S/C13H14BrN3OS/c1-9-8-19-13(15-2)17(9)16-7-10-6-11(14)4-5-12(10)18-3/h4-8H,1-3H3. The van der Waals surface area contributed by atoms with Crippen molar-refractivity contribution in [3.8, 4) is 5.75 Å². The second-order valence-corrected chi connectivity index (χ2v) is 5.58. The van der Waals surface area contributed by atoms with Gasteiger partial charge in [-0.2, -0.15) is 5.10 Å². The lowest BCUT2D eigenvalue weighted by Crippen LogP contribution is -2.11. The van der Waals surface area contributed by atoms with Gasteiger partial charge in [0.15, 0.2) is 0 Å². The summed E-state index contributed by atoms with van der Waals surface area (Å²) >= 11 is 5.01. The molecule has 1 aromatic heterocycles. The molecular formula is C13H14BrN3OS. The summed E-state index contributed by atoms with van der Waals surface area (Å²) in [5.41, 5.74) is 1.97. The summed E-state index contributed by atoms with van der Waals surface area (Å²) in [6, 6.07) is 5.81. The van der Waals surface area contributed by atoms with Gasteiger partial charge in [-0.1, -0.05) is 15.9 Å². The molecule has 0 spiro atoms. The number of nitrogens with zero attached hydrogens (tertiary/aromatic N) is 3. The Labute approximate surface area is 124 Å². The normalized spacial score (nSPS) is 12.3. The summed E-state index contributed by atoms with van der Waals surface area (Å²) in [4.78, 5) is 5.05. The number of ether oxygens (including phenoxy) is 1. The van der Waals surface area contributed by atoms with Crippen LogP contribution in [0, 0.1) is 6.92 Å². The van der Waals surface area contributed by atoms with E-state index >= 15 is 0 Å². The molecule has 2 rings (SSSR count). The minimum Gasteiger partial charge on any atom is -0.496 e. The number of thiazole rings is 1. The zero-order chi connectivity index (χ0) is 13.8. The van der Waals surface area contributed by atoms with E-state index in [2.05, 4.69) is 26.0 Å². The van der Waals surface area contributed by atoms with Gasteiger partial charge in [0, 0.05) is 22.5 Å². The monoisotopic (exact) mass is 339 g/mol. The molecule has 0 aliphatic rings. The highest BCUT2D eigenvalue weighted by Crippen LogP contribution is 2.21. The van der Waals surface area contributed by atoms with Crippen molar-refractivity contribution in [3.63, 3.8) is 0 Å². The predicted octanol–water partition coefficient (Wildman–Crippen LogP) is 3.04. The smallest absolute Gasteiger partial charge is 0.205 e. The third-order valence-electron chi connectivity index (χ3n) is 2.55. The first kappa shape index (κ1) is 14.0. The molecule has 6 heteroatoms. The van der Waals surface area contributed by atoms with Crippen LogP contribution in [-0.2, 0) is 0 Å². The first-order valence-electron chi connectivity index (χ1n) is 5.63. The van der Waals surface area contributed by atoms with E-state index in [1.807, 2.05) is 35.2 Å². The number of aromatic nitrogens is 1. The molecule has 0 aliphatic heterocycles. The summed E-state index contributed by atoms with van der Waals surface area (Å²) in [6.45, 7) is 2.00. The van der Waals surface area contributed by atoms with Gasteiger partial charge in [0.2, 0.25) is 4.80 Å². The Morgan fingerprint density at radius 1 is 1.42 bits per heavy atom. The maximum Gasteiger partial charge on any atom is 0.205 e. The van der Waals surface area contributed by atoms with E-state index in [9.17, 15) is 0 Å². The molecule has 0 fully saturated rings. The van der Waals surface area contributed by atoms with Crippen LogP contribution in [0.3, 0.4) is 0 Å². The fourth-order valence-electron chi connectivity index (χ4n) is 1.60. The SMILES string of the molecule is CN=c1scc(C)n1N=Cc1cc(Br)ccc1OC. The largest absolute Gasteiger partial charge is 0.496 e. The predicted molar refractivity (Wildman–Crippen MR) is 82.2 cm³/mol. The summed E-state index contributed by atoms with van der Waals surface area (Å²) in [5, 5.41) is 6.49. The van der Waals surface area contributed by atoms with Crippen molar-refractivity contribution in [3.05, 3.63) is 44.1 Å². The van der Waals surface area contributed by atoms with Gasteiger partial charge >= 0.3 is 0 Å². The topological polar surface area (TPSA) is 38.9 Å². The quantitative estimate of drug-likeness (QED) is 0.792. The van der Waals surface area contributed by atoms with E-state index in [1.54, 1.807) is 31.7 Å². The Morgan fingerprint density at radius 3 is 2.89 bits per heavy atom. The van der Waals surface area contributed by atoms with Crippen molar-refractivity contribution in [2.45, 2.75) is 6.92 Å². The molecule has 4 nitrogen and oxygen atoms in total. The molecule has 0 unspecified atom stereocenters. The van der Waals surface area contributed by atoms with Gasteiger partial charge < -0.3 is 4.74 Å². The fraction of sp³-hybridized carbons (Fsp3) is 0.231. The van der Waals surface area contributed by atoms with Gasteiger partial charge in [0.25, 0.3) is 0 Å². The van der Waals surface area contributed by atoms with Gasteiger partial charge in [-0.3, -0.25) is 4.99 Å². The zero-order valence-corrected chi connectivity index (χ0v) is 13.3. The maximum absolute atomic E-state index is 5.31. The van der Waals surface area contributed by atoms with Crippen molar-refractivity contribution in [1.29, 1.82) is 0 Å². The van der Waals surface area contributed by atoms with Gasteiger partial charge in [-0.25, -0.2) is 4.68 Å².